The van der Waals surface area contributed by atoms with E-state index in [1.165, 1.54) is 27.7 Å². The predicted octanol–water partition coefficient (Wildman–Crippen LogP) is 2.50. The molecule has 2 aliphatic carbocycles. The zero-order chi connectivity index (χ0) is 31.5. The van der Waals surface area contributed by atoms with Gasteiger partial charge in [0.25, 0.3) is 0 Å². The summed E-state index contributed by atoms with van der Waals surface area (Å²) in [4.78, 5) is 50.2. The summed E-state index contributed by atoms with van der Waals surface area (Å²) in [6.07, 6.45) is 2.04. The van der Waals surface area contributed by atoms with Crippen LogP contribution in [0.25, 0.3) is 0 Å². The van der Waals surface area contributed by atoms with Gasteiger partial charge in [-0.25, -0.2) is 4.79 Å². The Morgan fingerprint density at radius 3 is 2.35 bits per heavy atom. The molecule has 5 aliphatic rings. The van der Waals surface area contributed by atoms with Crippen LogP contribution in [-0.4, -0.2) is 84.1 Å². The second kappa shape index (κ2) is 10.9. The molecular formula is C31H42O12. The first-order valence-electron chi connectivity index (χ1n) is 14.8. The fourth-order valence-corrected chi connectivity index (χ4v) is 7.91. The fourth-order valence-electron chi connectivity index (χ4n) is 7.91. The van der Waals surface area contributed by atoms with Gasteiger partial charge in [0.05, 0.1) is 30.5 Å². The molecule has 2 unspecified atom stereocenters. The number of hydrogen-bond acceptors (Lipinski definition) is 12. The average Bonchev–Trinajstić information content (AvgIpc) is 3.40. The molecule has 3 heterocycles. The molecular weight excluding hydrogens is 564 g/mol. The third kappa shape index (κ3) is 4.85. The quantitative estimate of drug-likeness (QED) is 0.187. The summed E-state index contributed by atoms with van der Waals surface area (Å²) in [5.41, 5.74) is -4.19. The maximum atomic E-state index is 13.6. The lowest BCUT2D eigenvalue weighted by molar-refractivity contribution is -0.251. The van der Waals surface area contributed by atoms with Crippen molar-refractivity contribution in [2.24, 2.45) is 22.7 Å². The molecule has 3 aliphatic heterocycles. The predicted molar refractivity (Wildman–Crippen MR) is 147 cm³/mol. The van der Waals surface area contributed by atoms with Crippen LogP contribution in [0.4, 0.5) is 0 Å². The summed E-state index contributed by atoms with van der Waals surface area (Å²) in [6, 6.07) is 0. The Hall–Kier alpha value is -2.96. The van der Waals surface area contributed by atoms with Gasteiger partial charge in [-0.3, -0.25) is 14.4 Å². The van der Waals surface area contributed by atoms with Gasteiger partial charge in [-0.1, -0.05) is 19.4 Å². The third-order valence-electron chi connectivity index (χ3n) is 10.5. The summed E-state index contributed by atoms with van der Waals surface area (Å²) in [7, 11) is 0. The van der Waals surface area contributed by atoms with Crippen molar-refractivity contribution in [1.82, 2.24) is 0 Å². The van der Waals surface area contributed by atoms with E-state index < -0.39 is 76.4 Å². The standard InChI is InChI=1S/C31H42O12/c1-8-28(6,43-19(5)34)27(36)42-25-21(35)13-22-29(7,23-12-20-9-10-37-26(20)41-23)16(2)11-24(40-18(4)33)30(22,14-38-17(3)32)31(25)15-39-31/h9-11,20-26,35H,8,12-15H2,1-7H3/t20?,21-,22-,23+,24+,25+,26?,28-,29+,30+,31-/m1/s1. The van der Waals surface area contributed by atoms with Gasteiger partial charge in [-0.05, 0) is 51.2 Å². The van der Waals surface area contributed by atoms with Gasteiger partial charge in [0.2, 0.25) is 11.9 Å². The SMILES string of the molecule is CC[C@@](C)(OC(C)=O)C(=O)O[C@H]1[C@H](O)C[C@@H]2[C@@](C)([C@@H]3CC4C=COC4O3)C(C)=C[C@H](OC(C)=O)[C@@]2(COC(C)=O)[C@@]12CO2. The van der Waals surface area contributed by atoms with E-state index in [1.54, 1.807) is 13.2 Å². The Kier molecular flexibility index (Phi) is 7.97. The number of ether oxygens (including phenoxy) is 7. The van der Waals surface area contributed by atoms with Crippen LogP contribution in [0.2, 0.25) is 0 Å². The molecule has 2 saturated heterocycles. The van der Waals surface area contributed by atoms with Crippen LogP contribution < -0.4 is 0 Å². The number of rotatable bonds is 8. The van der Waals surface area contributed by atoms with E-state index in [0.717, 1.165) is 5.57 Å². The van der Waals surface area contributed by atoms with Crippen molar-refractivity contribution in [2.75, 3.05) is 13.2 Å². The van der Waals surface area contributed by atoms with Gasteiger partial charge in [0, 0.05) is 32.1 Å². The topological polar surface area (TPSA) is 156 Å². The largest absolute Gasteiger partial charge is 0.472 e. The van der Waals surface area contributed by atoms with Gasteiger partial charge in [-0.15, -0.1) is 0 Å². The highest BCUT2D eigenvalue weighted by molar-refractivity contribution is 5.82. The highest BCUT2D eigenvalue weighted by Crippen LogP contribution is 2.69. The summed E-state index contributed by atoms with van der Waals surface area (Å²) in [5, 5.41) is 11.8. The zero-order valence-corrected chi connectivity index (χ0v) is 25.7. The van der Waals surface area contributed by atoms with Crippen LogP contribution in [0.1, 0.15) is 67.7 Å². The van der Waals surface area contributed by atoms with Crippen molar-refractivity contribution in [2.45, 2.75) is 110 Å². The second-order valence-electron chi connectivity index (χ2n) is 12.9. The van der Waals surface area contributed by atoms with E-state index in [4.69, 9.17) is 33.2 Å². The van der Waals surface area contributed by atoms with Crippen LogP contribution in [0.5, 0.6) is 0 Å². The summed E-state index contributed by atoms with van der Waals surface area (Å²) >= 11 is 0. The van der Waals surface area contributed by atoms with Crippen LogP contribution in [-0.2, 0) is 52.3 Å². The number of aliphatic hydroxyl groups excluding tert-OH is 1. The molecule has 0 aromatic rings. The second-order valence-corrected chi connectivity index (χ2v) is 12.9. The van der Waals surface area contributed by atoms with Crippen molar-refractivity contribution in [3.05, 3.63) is 24.0 Å². The van der Waals surface area contributed by atoms with Gasteiger partial charge in [0.1, 0.15) is 18.3 Å². The number of hydrogen-bond donors (Lipinski definition) is 1. The minimum Gasteiger partial charge on any atom is -0.472 e. The third-order valence-corrected chi connectivity index (χ3v) is 10.5. The smallest absolute Gasteiger partial charge is 0.350 e. The number of fused-ring (bicyclic) bond motifs is 3. The summed E-state index contributed by atoms with van der Waals surface area (Å²) in [5.74, 6) is -3.11. The Bertz CT molecular complexity index is 1240. The van der Waals surface area contributed by atoms with E-state index in [2.05, 4.69) is 0 Å². The lowest BCUT2D eigenvalue weighted by atomic mass is 9.44. The fraction of sp³-hybridized carbons (Fsp3) is 0.742. The minimum absolute atomic E-state index is 0.0273. The van der Waals surface area contributed by atoms with Gasteiger partial charge < -0.3 is 38.3 Å². The van der Waals surface area contributed by atoms with Crippen molar-refractivity contribution >= 4 is 23.9 Å². The molecule has 1 saturated carbocycles. The van der Waals surface area contributed by atoms with Crippen molar-refractivity contribution in [3.8, 4) is 0 Å². The van der Waals surface area contributed by atoms with Crippen LogP contribution >= 0.6 is 0 Å². The molecule has 0 aromatic heterocycles. The monoisotopic (exact) mass is 606 g/mol. The molecule has 12 heteroatoms. The first kappa shape index (κ1) is 31.5. The number of carbonyl (C=O) groups is 4. The maximum absolute atomic E-state index is 13.6. The van der Waals surface area contributed by atoms with Crippen LogP contribution in [0.3, 0.4) is 0 Å². The number of epoxide rings is 1. The van der Waals surface area contributed by atoms with E-state index in [9.17, 15) is 24.3 Å². The lowest BCUT2D eigenvalue weighted by Gasteiger charge is -2.62. The van der Waals surface area contributed by atoms with Gasteiger partial charge >= 0.3 is 23.9 Å². The normalized spacial score (nSPS) is 42.0. The van der Waals surface area contributed by atoms with Gasteiger partial charge in [-0.2, -0.15) is 0 Å². The Labute approximate surface area is 251 Å². The van der Waals surface area contributed by atoms with Crippen molar-refractivity contribution in [3.63, 3.8) is 0 Å². The highest BCUT2D eigenvalue weighted by Gasteiger charge is 2.81. The molecule has 0 bridgehead atoms. The molecule has 5 rings (SSSR count). The zero-order valence-electron chi connectivity index (χ0n) is 25.7. The van der Waals surface area contributed by atoms with Crippen molar-refractivity contribution < 1.29 is 57.4 Å². The molecule has 1 spiro atoms. The van der Waals surface area contributed by atoms with E-state index in [0.29, 0.717) is 6.42 Å². The van der Waals surface area contributed by atoms with E-state index >= 15 is 0 Å². The molecule has 11 atom stereocenters. The molecule has 43 heavy (non-hydrogen) atoms. The van der Waals surface area contributed by atoms with Crippen LogP contribution in [0, 0.1) is 22.7 Å². The molecule has 0 amide bonds. The molecule has 12 nitrogen and oxygen atoms in total. The van der Waals surface area contributed by atoms with E-state index in [-0.39, 0.29) is 38.1 Å². The molecule has 1 N–H and O–H groups in total. The van der Waals surface area contributed by atoms with E-state index in [1.807, 2.05) is 26.0 Å². The average molecular weight is 607 g/mol. The van der Waals surface area contributed by atoms with Gasteiger partial charge in [0.15, 0.2) is 6.10 Å². The Morgan fingerprint density at radius 2 is 1.79 bits per heavy atom. The summed E-state index contributed by atoms with van der Waals surface area (Å²) in [6.45, 7) is 10.6. The maximum Gasteiger partial charge on any atom is 0.350 e. The lowest BCUT2D eigenvalue weighted by Crippen LogP contribution is -2.73. The Balaban J connectivity index is 1.63. The molecule has 0 radical (unpaired) electrons. The number of carbonyl (C=O) groups excluding carboxylic acids is 4. The molecule has 238 valence electrons. The molecule has 0 aromatic carbocycles. The first-order valence-corrected chi connectivity index (χ1v) is 14.8. The van der Waals surface area contributed by atoms with Crippen molar-refractivity contribution in [1.29, 1.82) is 0 Å². The Morgan fingerprint density at radius 1 is 1.09 bits per heavy atom. The number of aliphatic hydroxyl groups is 1. The molecule has 3 fully saturated rings. The minimum atomic E-state index is -1.61. The highest BCUT2D eigenvalue weighted by atomic mass is 16.7. The first-order chi connectivity index (χ1) is 20.1. The summed E-state index contributed by atoms with van der Waals surface area (Å²) < 4.78 is 41.3. The van der Waals surface area contributed by atoms with Crippen LogP contribution in [0.15, 0.2) is 24.0 Å². The number of esters is 4.